The van der Waals surface area contributed by atoms with Crippen molar-refractivity contribution in [2.45, 2.75) is 50.5 Å². The molecule has 1 heterocycles. The van der Waals surface area contributed by atoms with Gasteiger partial charge in [0.15, 0.2) is 0 Å². The molecule has 0 spiro atoms. The van der Waals surface area contributed by atoms with Gasteiger partial charge in [-0.15, -0.1) is 0 Å². The zero-order valence-electron chi connectivity index (χ0n) is 14.1. The van der Waals surface area contributed by atoms with Crippen LogP contribution in [0.1, 0.15) is 25.3 Å². The molecule has 24 heavy (non-hydrogen) atoms. The molecule has 1 fully saturated rings. The Kier molecular flexibility index (Phi) is 7.15. The van der Waals surface area contributed by atoms with E-state index in [0.29, 0.717) is 13.0 Å². The second-order valence-electron chi connectivity index (χ2n) is 6.24. The number of alkyl halides is 1. The number of nitrogens with one attached hydrogen (secondary N) is 1. The molecule has 1 saturated heterocycles. The van der Waals surface area contributed by atoms with Crippen molar-refractivity contribution in [3.63, 3.8) is 0 Å². The second-order valence-corrected chi connectivity index (χ2v) is 6.24. The predicted octanol–water partition coefficient (Wildman–Crippen LogP) is 0.889. The van der Waals surface area contributed by atoms with E-state index in [9.17, 15) is 19.4 Å². The molecule has 0 unspecified atom stereocenters. The number of aryl methyl sites for hydroxylation is 1. The summed E-state index contributed by atoms with van der Waals surface area (Å²) in [6.45, 7) is 2.15. The van der Waals surface area contributed by atoms with Crippen molar-refractivity contribution in [3.8, 4) is 0 Å². The maximum atomic E-state index is 14.3. The molecule has 3 N–H and O–H groups in total. The van der Waals surface area contributed by atoms with Gasteiger partial charge in [-0.2, -0.15) is 0 Å². The van der Waals surface area contributed by atoms with E-state index in [0.717, 1.165) is 12.8 Å². The topological polar surface area (TPSA) is 72.8 Å². The van der Waals surface area contributed by atoms with Gasteiger partial charge in [0.25, 0.3) is 0 Å². The Bertz CT molecular complexity index is 514. The van der Waals surface area contributed by atoms with Crippen molar-refractivity contribution in [1.29, 1.82) is 0 Å². The minimum Gasteiger partial charge on any atom is -0.395 e. The van der Waals surface area contributed by atoms with Gasteiger partial charge in [0, 0.05) is 13.0 Å². The fraction of sp³-hybridized carbons (Fsp3) is 0.611. The van der Waals surface area contributed by atoms with E-state index in [4.69, 9.17) is 0 Å². The van der Waals surface area contributed by atoms with Crippen LogP contribution in [0.2, 0.25) is 0 Å². The average molecular weight is 338 g/mol. The number of hydrogen-bond acceptors (Lipinski definition) is 4. The Morgan fingerprint density at radius 2 is 2.00 bits per heavy atom. The predicted molar refractivity (Wildman–Crippen MR) is 90.3 cm³/mol. The number of nitrogens with zero attached hydrogens (tertiary/aromatic N) is 1. The van der Waals surface area contributed by atoms with Gasteiger partial charge in [0.05, 0.1) is 18.7 Å². The molecule has 6 heteroatoms. The molecule has 1 aliphatic heterocycles. The normalized spacial score (nSPS) is 27.3. The first-order valence-electron chi connectivity index (χ1n) is 8.57. The number of rotatable bonds is 8. The Morgan fingerprint density at radius 1 is 1.29 bits per heavy atom. The first-order valence-corrected chi connectivity index (χ1v) is 8.57. The molecule has 2 rings (SSSR count). The highest BCUT2D eigenvalue weighted by molar-refractivity contribution is 5.75. The summed E-state index contributed by atoms with van der Waals surface area (Å²) in [5.74, 6) is -0.130. The molecule has 5 nitrogen and oxygen atoms in total. The third-order valence-electron chi connectivity index (χ3n) is 4.68. The average Bonchev–Trinajstić information content (AvgIpc) is 2.84. The summed E-state index contributed by atoms with van der Waals surface area (Å²) in [7, 11) is 0. The number of amides is 1. The van der Waals surface area contributed by atoms with E-state index in [1.54, 1.807) is 11.8 Å². The van der Waals surface area contributed by atoms with Crippen LogP contribution in [-0.4, -0.2) is 65.1 Å². The molecule has 0 aromatic heterocycles. The van der Waals surface area contributed by atoms with Crippen LogP contribution in [0.4, 0.5) is 4.39 Å². The Labute approximate surface area is 142 Å². The van der Waals surface area contributed by atoms with Crippen LogP contribution in [-0.2, 0) is 11.2 Å². The molecule has 1 amide bonds. The highest BCUT2D eigenvalue weighted by Crippen LogP contribution is 2.27. The monoisotopic (exact) mass is 338 g/mol. The fourth-order valence-corrected chi connectivity index (χ4v) is 3.29. The smallest absolute Gasteiger partial charge is 0.219 e. The van der Waals surface area contributed by atoms with Crippen molar-refractivity contribution in [3.05, 3.63) is 35.9 Å². The minimum atomic E-state index is -1.50. The summed E-state index contributed by atoms with van der Waals surface area (Å²) < 4.78 is 14.3. The number of carbonyl (C=O) groups is 1. The molecule has 1 aromatic carbocycles. The Hall–Kier alpha value is -1.50. The second kappa shape index (κ2) is 9.11. The number of carbonyl (C=O) groups excluding carboxylic acids is 1. The zero-order valence-corrected chi connectivity index (χ0v) is 14.1. The van der Waals surface area contributed by atoms with E-state index in [2.05, 4.69) is 5.32 Å². The van der Waals surface area contributed by atoms with Crippen LogP contribution in [0, 0.1) is 0 Å². The van der Waals surface area contributed by atoms with Gasteiger partial charge in [-0.1, -0.05) is 37.3 Å². The maximum Gasteiger partial charge on any atom is 0.219 e. The number of benzene rings is 1. The molecule has 0 saturated carbocycles. The lowest BCUT2D eigenvalue weighted by Crippen LogP contribution is -2.47. The van der Waals surface area contributed by atoms with Crippen molar-refractivity contribution >= 4 is 5.91 Å². The van der Waals surface area contributed by atoms with Crippen LogP contribution < -0.4 is 5.32 Å². The van der Waals surface area contributed by atoms with Gasteiger partial charge < -0.3 is 15.5 Å². The van der Waals surface area contributed by atoms with Gasteiger partial charge in [-0.05, 0) is 24.9 Å². The van der Waals surface area contributed by atoms with Gasteiger partial charge in [0.1, 0.15) is 12.3 Å². The van der Waals surface area contributed by atoms with E-state index in [1.807, 2.05) is 30.3 Å². The van der Waals surface area contributed by atoms with Gasteiger partial charge in [-0.3, -0.25) is 9.69 Å². The van der Waals surface area contributed by atoms with Gasteiger partial charge in [0.2, 0.25) is 5.91 Å². The Balaban J connectivity index is 1.96. The zero-order chi connectivity index (χ0) is 17.5. The van der Waals surface area contributed by atoms with E-state index < -0.39 is 24.4 Å². The summed E-state index contributed by atoms with van der Waals surface area (Å²) in [5, 5.41) is 22.4. The molecular weight excluding hydrogens is 311 g/mol. The number of hydrogen-bond donors (Lipinski definition) is 3. The number of aliphatic hydroxyl groups is 2. The highest BCUT2D eigenvalue weighted by Gasteiger charge is 2.47. The lowest BCUT2D eigenvalue weighted by molar-refractivity contribution is -0.121. The molecule has 1 aromatic rings. The number of halogens is 1. The van der Waals surface area contributed by atoms with Crippen molar-refractivity contribution in [2.24, 2.45) is 0 Å². The van der Waals surface area contributed by atoms with Crippen molar-refractivity contribution < 1.29 is 19.4 Å². The third kappa shape index (κ3) is 4.53. The van der Waals surface area contributed by atoms with Crippen molar-refractivity contribution in [1.82, 2.24) is 10.2 Å². The van der Waals surface area contributed by atoms with E-state index in [-0.39, 0.29) is 19.1 Å². The quantitative estimate of drug-likeness (QED) is 0.658. The largest absolute Gasteiger partial charge is 0.395 e. The number of likely N-dealkylation sites (tertiary alicyclic amines) is 1. The lowest BCUT2D eigenvalue weighted by Gasteiger charge is -2.29. The van der Waals surface area contributed by atoms with Crippen LogP contribution in [0.3, 0.4) is 0 Å². The van der Waals surface area contributed by atoms with Crippen LogP contribution in [0.15, 0.2) is 30.3 Å². The van der Waals surface area contributed by atoms with E-state index in [1.165, 1.54) is 5.56 Å². The summed E-state index contributed by atoms with van der Waals surface area (Å²) in [6, 6.07) is 8.77. The molecular formula is C18H27FN2O3. The van der Waals surface area contributed by atoms with Gasteiger partial charge >= 0.3 is 0 Å². The van der Waals surface area contributed by atoms with Crippen LogP contribution in [0.5, 0.6) is 0 Å². The highest BCUT2D eigenvalue weighted by atomic mass is 19.1. The third-order valence-corrected chi connectivity index (χ3v) is 4.68. The molecule has 134 valence electrons. The number of aliphatic hydroxyl groups excluding tert-OH is 2. The minimum absolute atomic E-state index is 0.130. The standard InChI is InChI=1S/C18H27FN2O3/c1-2-16(23)20-11-14-18(24)17(19)15(12-22)21(14)10-6-9-13-7-4-3-5-8-13/h3-5,7-8,14-15,17-18,22,24H,2,6,9-12H2,1H3,(H,20,23)/t14-,15-,17+,18-/m1/s1. The van der Waals surface area contributed by atoms with Crippen LogP contribution in [0.25, 0.3) is 0 Å². The van der Waals surface area contributed by atoms with Gasteiger partial charge in [-0.25, -0.2) is 4.39 Å². The molecule has 4 atom stereocenters. The first-order chi connectivity index (χ1) is 11.6. The summed E-state index contributed by atoms with van der Waals surface area (Å²) in [4.78, 5) is 13.3. The molecule has 1 aliphatic rings. The summed E-state index contributed by atoms with van der Waals surface area (Å²) in [5.41, 5.74) is 1.20. The molecule has 0 bridgehead atoms. The maximum absolute atomic E-state index is 14.3. The van der Waals surface area contributed by atoms with Crippen LogP contribution >= 0.6 is 0 Å². The molecule has 0 radical (unpaired) electrons. The summed E-state index contributed by atoms with van der Waals surface area (Å²) in [6.07, 6.45) is -0.722. The molecule has 0 aliphatic carbocycles. The lowest BCUT2D eigenvalue weighted by atomic mass is 10.1. The summed E-state index contributed by atoms with van der Waals surface area (Å²) >= 11 is 0. The fourth-order valence-electron chi connectivity index (χ4n) is 3.29. The van der Waals surface area contributed by atoms with Crippen molar-refractivity contribution in [2.75, 3.05) is 19.7 Å². The van der Waals surface area contributed by atoms with E-state index >= 15 is 0 Å². The Morgan fingerprint density at radius 3 is 2.62 bits per heavy atom. The SMILES string of the molecule is CCC(=O)NC[C@@H]1[C@@H](O)[C@@H](F)[C@@H](CO)N1CCCc1ccccc1. The first kappa shape index (κ1) is 18.8.